The van der Waals surface area contributed by atoms with Gasteiger partial charge in [-0.05, 0) is 12.1 Å². The normalized spacial score (nSPS) is 19.0. The average Bonchev–Trinajstić information content (AvgIpc) is 2.75. The quantitative estimate of drug-likeness (QED) is 0.846. The summed E-state index contributed by atoms with van der Waals surface area (Å²) in [5, 5.41) is 9.22. The molecule has 0 radical (unpaired) electrons. The van der Waals surface area contributed by atoms with Crippen molar-refractivity contribution in [2.45, 2.75) is 6.04 Å². The molecule has 0 saturated carbocycles. The number of halogens is 2. The number of carboxylic acids is 1. The third kappa shape index (κ3) is 2.71. The Morgan fingerprint density at radius 2 is 2.00 bits per heavy atom. The molecule has 0 spiro atoms. The Bertz CT molecular complexity index is 492. The van der Waals surface area contributed by atoms with E-state index in [1.54, 1.807) is 0 Å². The summed E-state index contributed by atoms with van der Waals surface area (Å²) < 4.78 is 0. The van der Waals surface area contributed by atoms with E-state index in [4.69, 9.17) is 28.3 Å². The van der Waals surface area contributed by atoms with Crippen LogP contribution in [0.2, 0.25) is 10.3 Å². The van der Waals surface area contributed by atoms with Gasteiger partial charge in [0, 0.05) is 11.3 Å². The first-order valence-corrected chi connectivity index (χ1v) is 6.84. The number of hydrogen-bond acceptors (Lipinski definition) is 4. The SMILES string of the molecule is O=C(O)C1CSCN1C(=O)c1cc(Cl)nc(Cl)c1. The van der Waals surface area contributed by atoms with E-state index in [-0.39, 0.29) is 15.9 Å². The second-order valence-corrected chi connectivity index (χ2v) is 5.40. The third-order valence-electron chi connectivity index (χ3n) is 2.44. The maximum absolute atomic E-state index is 12.2. The zero-order chi connectivity index (χ0) is 13.3. The number of carbonyl (C=O) groups is 2. The molecule has 18 heavy (non-hydrogen) atoms. The summed E-state index contributed by atoms with van der Waals surface area (Å²) >= 11 is 12.8. The second kappa shape index (κ2) is 5.34. The molecule has 1 atom stereocenters. The van der Waals surface area contributed by atoms with E-state index in [9.17, 15) is 9.59 Å². The van der Waals surface area contributed by atoms with E-state index in [0.29, 0.717) is 11.6 Å². The molecule has 1 unspecified atom stereocenters. The van der Waals surface area contributed by atoms with Gasteiger partial charge in [0.05, 0.1) is 5.88 Å². The smallest absolute Gasteiger partial charge is 0.327 e. The zero-order valence-corrected chi connectivity index (χ0v) is 11.3. The first kappa shape index (κ1) is 13.5. The minimum Gasteiger partial charge on any atom is -0.480 e. The summed E-state index contributed by atoms with van der Waals surface area (Å²) in [6.45, 7) is 0. The topological polar surface area (TPSA) is 70.5 Å². The predicted octanol–water partition coefficient (Wildman–Crippen LogP) is 1.99. The largest absolute Gasteiger partial charge is 0.480 e. The molecule has 2 rings (SSSR count). The summed E-state index contributed by atoms with van der Waals surface area (Å²) in [5.41, 5.74) is 0.244. The summed E-state index contributed by atoms with van der Waals surface area (Å²) in [5.74, 6) is -0.695. The molecule has 1 N–H and O–H groups in total. The fourth-order valence-electron chi connectivity index (χ4n) is 1.60. The molecule has 1 aliphatic rings. The van der Waals surface area contributed by atoms with Gasteiger partial charge in [0.25, 0.3) is 5.91 Å². The van der Waals surface area contributed by atoms with Crippen LogP contribution in [0.1, 0.15) is 10.4 Å². The number of carbonyl (C=O) groups excluding carboxylic acids is 1. The highest BCUT2D eigenvalue weighted by Crippen LogP contribution is 2.24. The Kier molecular flexibility index (Phi) is 3.99. The molecule has 0 aliphatic carbocycles. The number of pyridine rings is 1. The van der Waals surface area contributed by atoms with Gasteiger partial charge in [0.1, 0.15) is 16.3 Å². The van der Waals surface area contributed by atoms with Gasteiger partial charge in [-0.25, -0.2) is 9.78 Å². The molecule has 1 fully saturated rings. The van der Waals surface area contributed by atoms with Crippen LogP contribution in [-0.4, -0.2) is 44.5 Å². The Hall–Kier alpha value is -0.980. The van der Waals surface area contributed by atoms with E-state index in [1.807, 2.05) is 0 Å². The number of amides is 1. The van der Waals surface area contributed by atoms with Gasteiger partial charge in [-0.1, -0.05) is 23.2 Å². The van der Waals surface area contributed by atoms with Crippen molar-refractivity contribution < 1.29 is 14.7 Å². The minimum absolute atomic E-state index is 0.101. The van der Waals surface area contributed by atoms with Crippen LogP contribution in [0, 0.1) is 0 Å². The highest BCUT2D eigenvalue weighted by molar-refractivity contribution is 7.99. The summed E-state index contributed by atoms with van der Waals surface area (Å²) in [7, 11) is 0. The van der Waals surface area contributed by atoms with Crippen LogP contribution in [0.15, 0.2) is 12.1 Å². The number of hydrogen-bond donors (Lipinski definition) is 1. The number of rotatable bonds is 2. The van der Waals surface area contributed by atoms with Gasteiger partial charge in [0.15, 0.2) is 0 Å². The number of nitrogens with zero attached hydrogens (tertiary/aromatic N) is 2. The van der Waals surface area contributed by atoms with Crippen LogP contribution in [0.4, 0.5) is 0 Å². The molecule has 0 bridgehead atoms. The number of aromatic nitrogens is 1. The second-order valence-electron chi connectivity index (χ2n) is 3.63. The standard InChI is InChI=1S/C10H8Cl2N2O3S/c11-7-1-5(2-8(12)13-7)9(15)14-4-18-3-6(14)10(16)17/h1-2,6H,3-4H2,(H,16,17). The molecule has 5 nitrogen and oxygen atoms in total. The Balaban J connectivity index is 2.28. The molecule has 1 aromatic rings. The number of carboxylic acid groups (broad SMARTS) is 1. The molecule has 1 amide bonds. The Morgan fingerprint density at radius 3 is 2.56 bits per heavy atom. The molecule has 1 aromatic heterocycles. The maximum Gasteiger partial charge on any atom is 0.327 e. The van der Waals surface area contributed by atoms with Gasteiger partial charge in [0.2, 0.25) is 0 Å². The van der Waals surface area contributed by atoms with Crippen LogP contribution in [-0.2, 0) is 4.79 Å². The molecule has 96 valence electrons. The van der Waals surface area contributed by atoms with Gasteiger partial charge in [-0.15, -0.1) is 11.8 Å². The van der Waals surface area contributed by atoms with Crippen molar-refractivity contribution in [3.05, 3.63) is 28.0 Å². The predicted molar refractivity (Wildman–Crippen MR) is 69.2 cm³/mol. The van der Waals surface area contributed by atoms with E-state index in [2.05, 4.69) is 4.98 Å². The number of thioether (sulfide) groups is 1. The lowest BCUT2D eigenvalue weighted by molar-refractivity contribution is -0.140. The van der Waals surface area contributed by atoms with Gasteiger partial charge in [-0.2, -0.15) is 0 Å². The maximum atomic E-state index is 12.2. The summed E-state index contributed by atoms with van der Waals surface area (Å²) in [6, 6.07) is 1.93. The van der Waals surface area contributed by atoms with Crippen LogP contribution < -0.4 is 0 Å². The lowest BCUT2D eigenvalue weighted by Crippen LogP contribution is -2.41. The number of aliphatic carboxylic acids is 1. The van der Waals surface area contributed by atoms with Crippen molar-refractivity contribution in [1.82, 2.24) is 9.88 Å². The molecule has 2 heterocycles. The van der Waals surface area contributed by atoms with Crippen LogP contribution in [0.5, 0.6) is 0 Å². The fourth-order valence-corrected chi connectivity index (χ4v) is 3.21. The van der Waals surface area contributed by atoms with E-state index >= 15 is 0 Å². The van der Waals surface area contributed by atoms with E-state index in [1.165, 1.54) is 28.8 Å². The first-order valence-electron chi connectivity index (χ1n) is 4.93. The monoisotopic (exact) mass is 306 g/mol. The lowest BCUT2D eigenvalue weighted by Gasteiger charge is -2.20. The molecular weight excluding hydrogens is 299 g/mol. The lowest BCUT2D eigenvalue weighted by atomic mass is 10.2. The van der Waals surface area contributed by atoms with Crippen LogP contribution >= 0.6 is 35.0 Å². The van der Waals surface area contributed by atoms with Crippen molar-refractivity contribution in [1.29, 1.82) is 0 Å². The Morgan fingerprint density at radius 1 is 1.39 bits per heavy atom. The molecule has 1 aliphatic heterocycles. The highest BCUT2D eigenvalue weighted by Gasteiger charge is 2.35. The Labute approximate surface area is 117 Å². The molecule has 1 saturated heterocycles. The van der Waals surface area contributed by atoms with Gasteiger partial charge < -0.3 is 10.0 Å². The van der Waals surface area contributed by atoms with Crippen molar-refractivity contribution in [2.24, 2.45) is 0 Å². The minimum atomic E-state index is -1.01. The van der Waals surface area contributed by atoms with Crippen LogP contribution in [0.25, 0.3) is 0 Å². The molecule has 0 aromatic carbocycles. The van der Waals surface area contributed by atoms with Crippen molar-refractivity contribution in [3.63, 3.8) is 0 Å². The van der Waals surface area contributed by atoms with Gasteiger partial charge in [-0.3, -0.25) is 4.79 Å². The van der Waals surface area contributed by atoms with Crippen LogP contribution in [0.3, 0.4) is 0 Å². The van der Waals surface area contributed by atoms with Crippen molar-refractivity contribution in [2.75, 3.05) is 11.6 Å². The van der Waals surface area contributed by atoms with Crippen molar-refractivity contribution >= 4 is 46.8 Å². The van der Waals surface area contributed by atoms with E-state index < -0.39 is 17.9 Å². The summed E-state index contributed by atoms with van der Waals surface area (Å²) in [4.78, 5) is 28.2. The fraction of sp³-hybridized carbons (Fsp3) is 0.300. The zero-order valence-electron chi connectivity index (χ0n) is 8.97. The average molecular weight is 307 g/mol. The van der Waals surface area contributed by atoms with Gasteiger partial charge >= 0.3 is 5.97 Å². The van der Waals surface area contributed by atoms with E-state index in [0.717, 1.165) is 0 Å². The van der Waals surface area contributed by atoms with Crippen molar-refractivity contribution in [3.8, 4) is 0 Å². The summed E-state index contributed by atoms with van der Waals surface area (Å²) in [6.07, 6.45) is 0. The molecular formula is C10H8Cl2N2O3S. The first-order chi connectivity index (χ1) is 8.49. The highest BCUT2D eigenvalue weighted by atomic mass is 35.5. The molecule has 8 heteroatoms. The third-order valence-corrected chi connectivity index (χ3v) is 3.84.